The second-order valence-electron chi connectivity index (χ2n) is 7.28. The maximum absolute atomic E-state index is 12.4. The van der Waals surface area contributed by atoms with Crippen LogP contribution in [0.15, 0.2) is 30.3 Å². The Kier molecular flexibility index (Phi) is 8.25. The van der Waals surface area contributed by atoms with Gasteiger partial charge in [-0.05, 0) is 36.6 Å². The summed E-state index contributed by atoms with van der Waals surface area (Å²) in [6.45, 7) is 3.29. The number of carbonyl (C=O) groups is 2. The fourth-order valence-corrected chi connectivity index (χ4v) is 5.08. The largest absolute Gasteiger partial charge is 0.343 e. The van der Waals surface area contributed by atoms with Crippen LogP contribution in [0.1, 0.15) is 37.7 Å². The first kappa shape index (κ1) is 21.2. The molecular formula is C21H28ClN3O2S. The molecule has 0 spiro atoms. The van der Waals surface area contributed by atoms with E-state index in [2.05, 4.69) is 9.62 Å². The number of amides is 2. The highest BCUT2D eigenvalue weighted by molar-refractivity contribution is 7.97. The highest BCUT2D eigenvalue weighted by atomic mass is 35.5. The fraction of sp³-hybridized carbons (Fsp3) is 0.524. The number of piperazine rings is 1. The van der Waals surface area contributed by atoms with Gasteiger partial charge in [-0.25, -0.2) is 4.31 Å². The van der Waals surface area contributed by atoms with Crippen molar-refractivity contribution >= 4 is 41.4 Å². The summed E-state index contributed by atoms with van der Waals surface area (Å²) in [6.07, 6.45) is 9.82. The summed E-state index contributed by atoms with van der Waals surface area (Å²) < 4.78 is 2.41. The summed E-state index contributed by atoms with van der Waals surface area (Å²) in [5.41, 5.74) is 0.848. The number of nitrogens with one attached hydrogen (secondary N) is 1. The number of benzene rings is 1. The summed E-state index contributed by atoms with van der Waals surface area (Å²) in [5.74, 6) is -0.299. The summed E-state index contributed by atoms with van der Waals surface area (Å²) in [5, 5.41) is 4.05. The van der Waals surface area contributed by atoms with E-state index >= 15 is 0 Å². The average molecular weight is 422 g/mol. The second-order valence-corrected chi connectivity index (χ2v) is 9.11. The molecule has 2 amide bonds. The first-order chi connectivity index (χ1) is 13.6. The van der Waals surface area contributed by atoms with E-state index in [1.165, 1.54) is 38.2 Å². The molecule has 1 saturated heterocycles. The van der Waals surface area contributed by atoms with Crippen LogP contribution in [-0.2, 0) is 9.59 Å². The Morgan fingerprint density at radius 3 is 2.61 bits per heavy atom. The van der Waals surface area contributed by atoms with Crippen molar-refractivity contribution in [2.24, 2.45) is 0 Å². The number of carbonyl (C=O) groups excluding carboxylic acids is 2. The van der Waals surface area contributed by atoms with Crippen molar-refractivity contribution in [1.82, 2.24) is 14.5 Å². The molecule has 1 N–H and O–H groups in total. The lowest BCUT2D eigenvalue weighted by molar-refractivity contribution is -0.133. The molecule has 3 rings (SSSR count). The van der Waals surface area contributed by atoms with Gasteiger partial charge >= 0.3 is 0 Å². The smallest absolute Gasteiger partial charge is 0.244 e. The van der Waals surface area contributed by atoms with E-state index in [0.717, 1.165) is 37.0 Å². The van der Waals surface area contributed by atoms with Crippen molar-refractivity contribution in [3.8, 4) is 0 Å². The molecule has 2 fully saturated rings. The van der Waals surface area contributed by atoms with Gasteiger partial charge in [0, 0.05) is 42.5 Å². The molecule has 1 saturated carbocycles. The van der Waals surface area contributed by atoms with E-state index in [4.69, 9.17) is 11.6 Å². The minimum atomic E-state index is -0.278. The zero-order valence-corrected chi connectivity index (χ0v) is 17.7. The molecule has 1 aromatic rings. The molecule has 0 atom stereocenters. The van der Waals surface area contributed by atoms with E-state index in [1.807, 2.05) is 29.0 Å². The van der Waals surface area contributed by atoms with Crippen LogP contribution in [0.5, 0.6) is 0 Å². The Hall–Kier alpha value is -1.50. The minimum Gasteiger partial charge on any atom is -0.343 e. The first-order valence-corrected chi connectivity index (χ1v) is 11.2. The van der Waals surface area contributed by atoms with Crippen LogP contribution in [0, 0.1) is 0 Å². The van der Waals surface area contributed by atoms with Crippen LogP contribution in [0.3, 0.4) is 0 Å². The van der Waals surface area contributed by atoms with Crippen molar-refractivity contribution in [2.45, 2.75) is 37.4 Å². The lowest BCUT2D eigenvalue weighted by Gasteiger charge is -2.36. The van der Waals surface area contributed by atoms with Crippen molar-refractivity contribution in [2.75, 3.05) is 32.7 Å². The average Bonchev–Trinajstić information content (AvgIpc) is 2.72. The third kappa shape index (κ3) is 6.83. The zero-order chi connectivity index (χ0) is 19.8. The lowest BCUT2D eigenvalue weighted by atomic mass is 10.0. The molecule has 1 aliphatic heterocycles. The molecule has 0 radical (unpaired) electrons. The van der Waals surface area contributed by atoms with Crippen LogP contribution >= 0.6 is 23.5 Å². The third-order valence-electron chi connectivity index (χ3n) is 5.13. The Morgan fingerprint density at radius 2 is 1.89 bits per heavy atom. The third-order valence-corrected chi connectivity index (χ3v) is 6.80. The van der Waals surface area contributed by atoms with Gasteiger partial charge in [0.2, 0.25) is 11.8 Å². The molecule has 5 nitrogen and oxygen atoms in total. The molecule has 1 aliphatic carbocycles. The Morgan fingerprint density at radius 1 is 1.14 bits per heavy atom. The number of rotatable bonds is 6. The molecule has 2 aliphatic rings. The maximum Gasteiger partial charge on any atom is 0.244 e. The Balaban J connectivity index is 1.35. The predicted molar refractivity (Wildman–Crippen MR) is 116 cm³/mol. The summed E-state index contributed by atoms with van der Waals surface area (Å²) in [4.78, 5) is 26.2. The molecule has 1 aromatic carbocycles. The second kappa shape index (κ2) is 10.9. The van der Waals surface area contributed by atoms with Crippen LogP contribution < -0.4 is 5.32 Å². The summed E-state index contributed by atoms with van der Waals surface area (Å²) in [7, 11) is 0. The van der Waals surface area contributed by atoms with Gasteiger partial charge in [-0.15, -0.1) is 0 Å². The van der Waals surface area contributed by atoms with E-state index < -0.39 is 0 Å². The molecular weight excluding hydrogens is 394 g/mol. The van der Waals surface area contributed by atoms with Gasteiger partial charge < -0.3 is 10.2 Å². The van der Waals surface area contributed by atoms with Crippen LogP contribution in [0.4, 0.5) is 0 Å². The molecule has 0 bridgehead atoms. The molecule has 28 heavy (non-hydrogen) atoms. The molecule has 7 heteroatoms. The van der Waals surface area contributed by atoms with E-state index in [0.29, 0.717) is 5.02 Å². The number of halogens is 1. The molecule has 0 aromatic heterocycles. The van der Waals surface area contributed by atoms with Crippen LogP contribution in [0.25, 0.3) is 6.08 Å². The summed E-state index contributed by atoms with van der Waals surface area (Å²) in [6, 6.07) is 7.26. The lowest BCUT2D eigenvalue weighted by Crippen LogP contribution is -2.49. The quantitative estimate of drug-likeness (QED) is 0.563. The molecule has 0 unspecified atom stereocenters. The van der Waals surface area contributed by atoms with Gasteiger partial charge in [0.15, 0.2) is 0 Å². The summed E-state index contributed by atoms with van der Waals surface area (Å²) >= 11 is 7.91. The highest BCUT2D eigenvalue weighted by Crippen LogP contribution is 2.31. The topological polar surface area (TPSA) is 52.7 Å². The predicted octanol–water partition coefficient (Wildman–Crippen LogP) is 3.59. The van der Waals surface area contributed by atoms with Crippen LogP contribution in [0.2, 0.25) is 5.02 Å². The molecule has 1 heterocycles. The van der Waals surface area contributed by atoms with E-state index in [-0.39, 0.29) is 18.4 Å². The van der Waals surface area contributed by atoms with Crippen molar-refractivity contribution in [1.29, 1.82) is 0 Å². The van der Waals surface area contributed by atoms with E-state index in [9.17, 15) is 9.59 Å². The number of hydrogen-bond donors (Lipinski definition) is 1. The number of hydrogen-bond acceptors (Lipinski definition) is 4. The Bertz CT molecular complexity index is 699. The first-order valence-electron chi connectivity index (χ1n) is 10.0. The number of nitrogens with zero attached hydrogens (tertiary/aromatic N) is 2. The van der Waals surface area contributed by atoms with Gasteiger partial charge in [-0.1, -0.05) is 54.9 Å². The van der Waals surface area contributed by atoms with Gasteiger partial charge in [-0.2, -0.15) is 0 Å². The molecule has 152 valence electrons. The monoisotopic (exact) mass is 421 g/mol. The maximum atomic E-state index is 12.4. The normalized spacial score (nSPS) is 19.1. The van der Waals surface area contributed by atoms with Gasteiger partial charge in [-0.3, -0.25) is 9.59 Å². The Labute approximate surface area is 176 Å². The van der Waals surface area contributed by atoms with Gasteiger partial charge in [0.25, 0.3) is 0 Å². The van der Waals surface area contributed by atoms with Crippen molar-refractivity contribution in [3.63, 3.8) is 0 Å². The zero-order valence-electron chi connectivity index (χ0n) is 16.1. The standard InChI is InChI=1S/C21H28ClN3O2S/c22-18-6-4-5-17(15-18)9-10-20(26)23-16-21(27)24-11-13-25(14-12-24)28-19-7-2-1-3-8-19/h4-6,9-10,15,19H,1-3,7-8,11-14,16H2,(H,23,26)/b10-9+. The van der Waals surface area contributed by atoms with Gasteiger partial charge in [0.05, 0.1) is 6.54 Å². The SMILES string of the molecule is O=C(/C=C/c1cccc(Cl)c1)NCC(=O)N1CCN(SC2CCCCC2)CC1. The van der Waals surface area contributed by atoms with Crippen LogP contribution in [-0.4, -0.2) is 59.0 Å². The fourth-order valence-electron chi connectivity index (χ4n) is 3.54. The van der Waals surface area contributed by atoms with E-state index in [1.54, 1.807) is 18.2 Å². The minimum absolute atomic E-state index is 0.0215. The van der Waals surface area contributed by atoms with Gasteiger partial charge in [0.1, 0.15) is 0 Å². The highest BCUT2D eigenvalue weighted by Gasteiger charge is 2.24. The van der Waals surface area contributed by atoms with Crippen molar-refractivity contribution < 1.29 is 9.59 Å². The van der Waals surface area contributed by atoms with Crippen molar-refractivity contribution in [3.05, 3.63) is 40.9 Å².